The van der Waals surface area contributed by atoms with Crippen molar-refractivity contribution in [2.24, 2.45) is 0 Å². The van der Waals surface area contributed by atoms with E-state index in [2.05, 4.69) is 30.8 Å². The van der Waals surface area contributed by atoms with Gasteiger partial charge in [-0.2, -0.15) is 0 Å². The molecule has 0 heterocycles. The van der Waals surface area contributed by atoms with Crippen LogP contribution < -0.4 is 9.47 Å². The molecule has 3 aromatic rings. The van der Waals surface area contributed by atoms with E-state index in [1.165, 1.54) is 0 Å². The molecule has 3 heteroatoms. The molecule has 0 aromatic heterocycles. The molecular weight excluding hydrogens is 316 g/mol. The third kappa shape index (κ3) is 3.13. The standard InChI is InChI=1S/C21H20O2S/c1-22-18-12-6-3-9-15(18)21(17-11-5-8-14-20(17)24)16-10-4-7-13-19(16)23-2/h3-14,21,24H,1-2H3. The topological polar surface area (TPSA) is 18.5 Å². The second kappa shape index (κ2) is 7.45. The summed E-state index contributed by atoms with van der Waals surface area (Å²) in [7, 11) is 3.40. The highest BCUT2D eigenvalue weighted by molar-refractivity contribution is 7.80. The fraction of sp³-hybridized carbons (Fsp3) is 0.143. The zero-order valence-electron chi connectivity index (χ0n) is 13.8. The van der Waals surface area contributed by atoms with E-state index in [1.54, 1.807) is 14.2 Å². The van der Waals surface area contributed by atoms with E-state index in [0.717, 1.165) is 33.1 Å². The SMILES string of the molecule is COc1ccccc1C(c1ccccc1S)c1ccccc1OC. The van der Waals surface area contributed by atoms with Crippen molar-refractivity contribution in [3.8, 4) is 11.5 Å². The van der Waals surface area contributed by atoms with E-state index >= 15 is 0 Å². The zero-order chi connectivity index (χ0) is 16.9. The van der Waals surface area contributed by atoms with Gasteiger partial charge in [-0.3, -0.25) is 0 Å². The third-order valence-electron chi connectivity index (χ3n) is 4.15. The first kappa shape index (κ1) is 16.5. The van der Waals surface area contributed by atoms with Gasteiger partial charge >= 0.3 is 0 Å². The van der Waals surface area contributed by atoms with Crippen LogP contribution in [0, 0.1) is 0 Å². The highest BCUT2D eigenvalue weighted by Crippen LogP contribution is 2.42. The van der Waals surface area contributed by atoms with Crippen molar-refractivity contribution in [1.82, 2.24) is 0 Å². The Morgan fingerprint density at radius 1 is 0.625 bits per heavy atom. The first-order chi connectivity index (χ1) is 11.8. The van der Waals surface area contributed by atoms with Crippen LogP contribution in [0.15, 0.2) is 77.7 Å². The van der Waals surface area contributed by atoms with Crippen LogP contribution in [-0.4, -0.2) is 14.2 Å². The summed E-state index contributed by atoms with van der Waals surface area (Å²) in [6, 6.07) is 24.3. The van der Waals surface area contributed by atoms with E-state index in [1.807, 2.05) is 54.6 Å². The van der Waals surface area contributed by atoms with Crippen molar-refractivity contribution < 1.29 is 9.47 Å². The van der Waals surface area contributed by atoms with Crippen molar-refractivity contribution in [3.05, 3.63) is 89.5 Å². The summed E-state index contributed by atoms with van der Waals surface area (Å²) in [5.41, 5.74) is 3.30. The second-order valence-electron chi connectivity index (χ2n) is 5.48. The van der Waals surface area contributed by atoms with Gasteiger partial charge in [0, 0.05) is 21.9 Å². The quantitative estimate of drug-likeness (QED) is 0.512. The monoisotopic (exact) mass is 336 g/mol. The van der Waals surface area contributed by atoms with Gasteiger partial charge in [-0.15, -0.1) is 12.6 Å². The fourth-order valence-corrected chi connectivity index (χ4v) is 3.33. The lowest BCUT2D eigenvalue weighted by Gasteiger charge is -2.24. The minimum atomic E-state index is -0.0222. The second-order valence-corrected chi connectivity index (χ2v) is 5.96. The van der Waals surface area contributed by atoms with Crippen LogP contribution in [0.5, 0.6) is 11.5 Å². The number of methoxy groups -OCH3 is 2. The van der Waals surface area contributed by atoms with E-state index in [9.17, 15) is 0 Å². The molecule has 0 saturated carbocycles. The normalized spacial score (nSPS) is 10.7. The highest BCUT2D eigenvalue weighted by Gasteiger charge is 2.24. The smallest absolute Gasteiger partial charge is 0.123 e. The number of ether oxygens (including phenoxy) is 2. The molecule has 0 unspecified atom stereocenters. The fourth-order valence-electron chi connectivity index (χ4n) is 3.04. The maximum atomic E-state index is 5.62. The summed E-state index contributed by atoms with van der Waals surface area (Å²) >= 11 is 4.68. The number of thiol groups is 1. The molecule has 0 radical (unpaired) electrons. The Morgan fingerprint density at radius 2 is 1.04 bits per heavy atom. The minimum Gasteiger partial charge on any atom is -0.496 e. The third-order valence-corrected chi connectivity index (χ3v) is 4.55. The summed E-state index contributed by atoms with van der Waals surface area (Å²) in [4.78, 5) is 0.944. The predicted molar refractivity (Wildman–Crippen MR) is 101 cm³/mol. The van der Waals surface area contributed by atoms with Crippen LogP contribution in [0.2, 0.25) is 0 Å². The maximum Gasteiger partial charge on any atom is 0.123 e. The average Bonchev–Trinajstić information content (AvgIpc) is 2.64. The maximum absolute atomic E-state index is 5.62. The van der Waals surface area contributed by atoms with Crippen molar-refractivity contribution in [2.45, 2.75) is 10.8 Å². The molecule has 0 fully saturated rings. The van der Waals surface area contributed by atoms with Gasteiger partial charge in [0.15, 0.2) is 0 Å². The molecule has 0 saturated heterocycles. The van der Waals surface area contributed by atoms with E-state index in [0.29, 0.717) is 0 Å². The van der Waals surface area contributed by atoms with E-state index in [-0.39, 0.29) is 5.92 Å². The number of hydrogen-bond acceptors (Lipinski definition) is 3. The van der Waals surface area contributed by atoms with Crippen molar-refractivity contribution >= 4 is 12.6 Å². The van der Waals surface area contributed by atoms with Crippen LogP contribution in [0.25, 0.3) is 0 Å². The van der Waals surface area contributed by atoms with Gasteiger partial charge in [-0.1, -0.05) is 54.6 Å². The van der Waals surface area contributed by atoms with Gasteiger partial charge in [0.25, 0.3) is 0 Å². The Labute approximate surface area is 148 Å². The summed E-state index contributed by atoms with van der Waals surface area (Å²) < 4.78 is 11.2. The van der Waals surface area contributed by atoms with Crippen LogP contribution >= 0.6 is 12.6 Å². The average molecular weight is 336 g/mol. The van der Waals surface area contributed by atoms with Gasteiger partial charge in [0.1, 0.15) is 11.5 Å². The first-order valence-corrected chi connectivity index (χ1v) is 8.24. The number of para-hydroxylation sites is 2. The summed E-state index contributed by atoms with van der Waals surface area (Å²) in [6.07, 6.45) is 0. The summed E-state index contributed by atoms with van der Waals surface area (Å²) in [6.45, 7) is 0. The molecule has 0 bridgehead atoms. The number of hydrogen-bond donors (Lipinski definition) is 1. The molecule has 0 amide bonds. The number of rotatable bonds is 5. The lowest BCUT2D eigenvalue weighted by Crippen LogP contribution is -2.08. The minimum absolute atomic E-state index is 0.0222. The van der Waals surface area contributed by atoms with Crippen LogP contribution in [-0.2, 0) is 0 Å². The van der Waals surface area contributed by atoms with Crippen LogP contribution in [0.4, 0.5) is 0 Å². The Kier molecular flexibility index (Phi) is 5.11. The van der Waals surface area contributed by atoms with Crippen molar-refractivity contribution in [2.75, 3.05) is 14.2 Å². The lowest BCUT2D eigenvalue weighted by molar-refractivity contribution is 0.402. The lowest BCUT2D eigenvalue weighted by atomic mass is 9.84. The van der Waals surface area contributed by atoms with Gasteiger partial charge < -0.3 is 9.47 Å². The molecule has 24 heavy (non-hydrogen) atoms. The highest BCUT2D eigenvalue weighted by atomic mass is 32.1. The molecule has 0 aliphatic carbocycles. The Balaban J connectivity index is 2.28. The Bertz CT molecular complexity index is 782. The molecule has 122 valence electrons. The number of benzene rings is 3. The van der Waals surface area contributed by atoms with Gasteiger partial charge in [-0.05, 0) is 23.8 Å². The largest absolute Gasteiger partial charge is 0.496 e. The predicted octanol–water partition coefficient (Wildman–Crippen LogP) is 5.17. The van der Waals surface area contributed by atoms with Crippen molar-refractivity contribution in [3.63, 3.8) is 0 Å². The molecule has 0 N–H and O–H groups in total. The van der Waals surface area contributed by atoms with Crippen LogP contribution in [0.3, 0.4) is 0 Å². The summed E-state index contributed by atoms with van der Waals surface area (Å²) in [5, 5.41) is 0. The van der Waals surface area contributed by atoms with Gasteiger partial charge in [0.05, 0.1) is 14.2 Å². The van der Waals surface area contributed by atoms with Crippen molar-refractivity contribution in [1.29, 1.82) is 0 Å². The zero-order valence-corrected chi connectivity index (χ0v) is 14.7. The van der Waals surface area contributed by atoms with Crippen LogP contribution in [0.1, 0.15) is 22.6 Å². The Morgan fingerprint density at radius 3 is 1.50 bits per heavy atom. The molecule has 0 atom stereocenters. The molecule has 2 nitrogen and oxygen atoms in total. The van der Waals surface area contributed by atoms with Gasteiger partial charge in [-0.25, -0.2) is 0 Å². The summed E-state index contributed by atoms with van der Waals surface area (Å²) in [5.74, 6) is 1.68. The molecule has 3 aromatic carbocycles. The first-order valence-electron chi connectivity index (χ1n) is 7.80. The molecular formula is C21H20O2S. The van der Waals surface area contributed by atoms with E-state index in [4.69, 9.17) is 9.47 Å². The Hall–Kier alpha value is -2.39. The molecule has 0 spiro atoms. The molecule has 3 rings (SSSR count). The van der Waals surface area contributed by atoms with Gasteiger partial charge in [0.2, 0.25) is 0 Å². The molecule has 0 aliphatic heterocycles. The molecule has 0 aliphatic rings. The van der Waals surface area contributed by atoms with E-state index < -0.39 is 0 Å².